The summed E-state index contributed by atoms with van der Waals surface area (Å²) in [5, 5.41) is 0. The number of nitrogens with zero attached hydrogens (tertiary/aromatic N) is 2. The summed E-state index contributed by atoms with van der Waals surface area (Å²) in [5.41, 5.74) is 0.968. The molecule has 2 fully saturated rings. The van der Waals surface area contributed by atoms with E-state index >= 15 is 0 Å². The van der Waals surface area contributed by atoms with Gasteiger partial charge in [0.25, 0.3) is 5.91 Å². The summed E-state index contributed by atoms with van der Waals surface area (Å²) in [7, 11) is 0. The van der Waals surface area contributed by atoms with Crippen LogP contribution >= 0.6 is 0 Å². The maximum absolute atomic E-state index is 12.5. The van der Waals surface area contributed by atoms with E-state index in [0.717, 1.165) is 24.2 Å². The van der Waals surface area contributed by atoms with Crippen LogP contribution in [0.15, 0.2) is 10.5 Å². The predicted octanol–water partition coefficient (Wildman–Crippen LogP) is 2.98. The quantitative estimate of drug-likeness (QED) is 0.834. The van der Waals surface area contributed by atoms with Gasteiger partial charge in [-0.2, -0.15) is 0 Å². The number of carbonyl (C=O) groups is 2. The summed E-state index contributed by atoms with van der Waals surface area (Å²) in [5.74, 6) is 1.12. The number of rotatable bonds is 2. The molecule has 1 aromatic heterocycles. The van der Waals surface area contributed by atoms with E-state index in [9.17, 15) is 9.59 Å². The molecule has 0 aliphatic carbocycles. The van der Waals surface area contributed by atoms with Crippen molar-refractivity contribution >= 4 is 12.0 Å². The third-order valence-electron chi connectivity index (χ3n) is 4.99. The van der Waals surface area contributed by atoms with Crippen LogP contribution in [0.25, 0.3) is 0 Å². The molecule has 1 aromatic rings. The van der Waals surface area contributed by atoms with Crippen LogP contribution < -0.4 is 0 Å². The first-order valence-electron chi connectivity index (χ1n) is 8.56. The van der Waals surface area contributed by atoms with E-state index in [4.69, 9.17) is 9.15 Å². The fraction of sp³-hybridized carbons (Fsp3) is 0.667. The first kappa shape index (κ1) is 16.9. The highest BCUT2D eigenvalue weighted by atomic mass is 16.6. The van der Waals surface area contributed by atoms with Gasteiger partial charge in [-0.25, -0.2) is 4.79 Å². The maximum Gasteiger partial charge on any atom is 0.410 e. The fourth-order valence-electron chi connectivity index (χ4n) is 3.40. The molecule has 0 atom stereocenters. The summed E-state index contributed by atoms with van der Waals surface area (Å²) in [6.45, 7) is 10.4. The molecule has 2 amide bonds. The number of carbonyl (C=O) groups excluding carboxylic acids is 2. The van der Waals surface area contributed by atoms with Gasteiger partial charge < -0.3 is 19.0 Å². The maximum atomic E-state index is 12.5. The molecule has 0 saturated carbocycles. The third kappa shape index (κ3) is 3.28. The van der Waals surface area contributed by atoms with Gasteiger partial charge in [-0.1, -0.05) is 13.8 Å². The molecule has 0 N–H and O–H groups in total. The molecular formula is C18H26N2O4. The summed E-state index contributed by atoms with van der Waals surface area (Å²) in [4.78, 5) is 28.3. The zero-order valence-corrected chi connectivity index (χ0v) is 14.9. The summed E-state index contributed by atoms with van der Waals surface area (Å²) in [6.07, 6.45) is 1.32. The van der Waals surface area contributed by atoms with Gasteiger partial charge in [0.05, 0.1) is 6.61 Å². The smallest absolute Gasteiger partial charge is 0.410 e. The van der Waals surface area contributed by atoms with Gasteiger partial charge in [-0.3, -0.25) is 4.79 Å². The third-order valence-corrected chi connectivity index (χ3v) is 4.99. The van der Waals surface area contributed by atoms with Crippen molar-refractivity contribution in [3.63, 3.8) is 0 Å². The highest BCUT2D eigenvalue weighted by Crippen LogP contribution is 2.28. The monoisotopic (exact) mass is 334 g/mol. The first-order valence-corrected chi connectivity index (χ1v) is 8.56. The van der Waals surface area contributed by atoms with Crippen LogP contribution in [0.3, 0.4) is 0 Å². The highest BCUT2D eigenvalue weighted by molar-refractivity contribution is 5.91. The number of likely N-dealkylation sites (tertiary alicyclic amines) is 1. The summed E-state index contributed by atoms with van der Waals surface area (Å²) in [6, 6.07) is 1.94. The van der Waals surface area contributed by atoms with Crippen molar-refractivity contribution < 1.29 is 18.7 Å². The van der Waals surface area contributed by atoms with Crippen LogP contribution in [0.5, 0.6) is 0 Å². The van der Waals surface area contributed by atoms with Crippen molar-refractivity contribution in [2.24, 2.45) is 5.41 Å². The van der Waals surface area contributed by atoms with Gasteiger partial charge in [0.15, 0.2) is 5.76 Å². The second-order valence-electron chi connectivity index (χ2n) is 7.72. The fourth-order valence-corrected chi connectivity index (χ4v) is 3.40. The molecule has 0 spiro atoms. The van der Waals surface area contributed by atoms with E-state index in [0.29, 0.717) is 32.0 Å². The van der Waals surface area contributed by atoms with E-state index in [1.165, 1.54) is 0 Å². The molecule has 6 nitrogen and oxygen atoms in total. The average molecular weight is 334 g/mol. The molecule has 132 valence electrons. The van der Waals surface area contributed by atoms with Crippen molar-refractivity contribution in [2.45, 2.75) is 46.6 Å². The second-order valence-corrected chi connectivity index (χ2v) is 7.72. The van der Waals surface area contributed by atoms with Gasteiger partial charge in [0.2, 0.25) is 0 Å². The molecule has 6 heteroatoms. The van der Waals surface area contributed by atoms with Crippen molar-refractivity contribution in [3.8, 4) is 0 Å². The van der Waals surface area contributed by atoms with Gasteiger partial charge in [-0.15, -0.1) is 0 Å². The molecule has 0 bridgehead atoms. The Morgan fingerprint density at radius 2 is 1.92 bits per heavy atom. The van der Waals surface area contributed by atoms with Gasteiger partial charge in [0, 0.05) is 31.1 Å². The number of furan rings is 1. The van der Waals surface area contributed by atoms with Crippen LogP contribution in [0, 0.1) is 19.3 Å². The summed E-state index contributed by atoms with van der Waals surface area (Å²) < 4.78 is 10.9. The largest absolute Gasteiger partial charge is 0.456 e. The van der Waals surface area contributed by atoms with Crippen molar-refractivity contribution in [1.82, 2.24) is 9.80 Å². The van der Waals surface area contributed by atoms with Crippen LogP contribution in [0.4, 0.5) is 4.79 Å². The molecule has 3 heterocycles. The van der Waals surface area contributed by atoms with E-state index in [1.54, 1.807) is 6.07 Å². The predicted molar refractivity (Wildman–Crippen MR) is 88.9 cm³/mol. The minimum atomic E-state index is -0.226. The van der Waals surface area contributed by atoms with Crippen LogP contribution in [0.2, 0.25) is 0 Å². The number of cyclic esters (lactones) is 1. The SMILES string of the molecule is Cc1cc(C(=O)N2CCC(N3CC(C)(C)COC3=O)CC2)oc1C. The number of hydrogen-bond acceptors (Lipinski definition) is 4. The molecule has 2 aliphatic heterocycles. The zero-order valence-electron chi connectivity index (χ0n) is 14.9. The molecule has 2 saturated heterocycles. The van der Waals surface area contributed by atoms with Crippen LogP contribution in [-0.2, 0) is 4.74 Å². The van der Waals surface area contributed by atoms with E-state index in [1.807, 2.05) is 23.6 Å². The highest BCUT2D eigenvalue weighted by Gasteiger charge is 2.38. The Kier molecular flexibility index (Phi) is 4.32. The minimum absolute atomic E-state index is 0.0237. The van der Waals surface area contributed by atoms with E-state index in [2.05, 4.69) is 13.8 Å². The minimum Gasteiger partial charge on any atom is -0.456 e. The average Bonchev–Trinajstić information content (AvgIpc) is 2.88. The lowest BCUT2D eigenvalue weighted by Gasteiger charge is -2.44. The molecule has 0 radical (unpaired) electrons. The van der Waals surface area contributed by atoms with Crippen LogP contribution in [0.1, 0.15) is 48.6 Å². The first-order chi connectivity index (χ1) is 11.3. The Morgan fingerprint density at radius 1 is 1.25 bits per heavy atom. The van der Waals surface area contributed by atoms with E-state index in [-0.39, 0.29) is 23.5 Å². The number of ether oxygens (including phenoxy) is 1. The summed E-state index contributed by atoms with van der Waals surface area (Å²) >= 11 is 0. The Hall–Kier alpha value is -1.98. The number of amides is 2. The molecule has 3 rings (SSSR count). The standard InChI is InChI=1S/C18H26N2O4/c1-12-9-15(24-13(12)2)16(21)19-7-5-14(6-8-19)20-10-18(3,4)11-23-17(20)22/h9,14H,5-8,10-11H2,1-4H3. The Morgan fingerprint density at radius 3 is 2.50 bits per heavy atom. The normalized spacial score (nSPS) is 21.8. The molecule has 24 heavy (non-hydrogen) atoms. The van der Waals surface area contributed by atoms with E-state index < -0.39 is 0 Å². The second kappa shape index (κ2) is 6.15. The van der Waals surface area contributed by atoms with Gasteiger partial charge >= 0.3 is 6.09 Å². The Bertz CT molecular complexity index is 622. The molecule has 2 aliphatic rings. The van der Waals surface area contributed by atoms with Gasteiger partial charge in [0.1, 0.15) is 5.76 Å². The van der Waals surface area contributed by atoms with Crippen molar-refractivity contribution in [3.05, 3.63) is 23.2 Å². The lowest BCUT2D eigenvalue weighted by molar-refractivity contribution is -0.0155. The molecular weight excluding hydrogens is 308 g/mol. The molecule has 0 aromatic carbocycles. The number of piperidine rings is 1. The number of aryl methyl sites for hydroxylation is 2. The van der Waals surface area contributed by atoms with Crippen molar-refractivity contribution in [1.29, 1.82) is 0 Å². The van der Waals surface area contributed by atoms with Crippen LogP contribution in [-0.4, -0.2) is 54.1 Å². The lowest BCUT2D eigenvalue weighted by atomic mass is 9.91. The Labute approximate surface area is 142 Å². The topological polar surface area (TPSA) is 63.0 Å². The Balaban J connectivity index is 1.61. The number of hydrogen-bond donors (Lipinski definition) is 0. The zero-order chi connectivity index (χ0) is 17.5. The molecule has 0 unspecified atom stereocenters. The lowest BCUT2D eigenvalue weighted by Crippen LogP contribution is -2.55. The van der Waals surface area contributed by atoms with Gasteiger partial charge in [-0.05, 0) is 38.3 Å². The van der Waals surface area contributed by atoms with Crippen molar-refractivity contribution in [2.75, 3.05) is 26.2 Å².